The molecular weight excluding hydrogens is 431 g/mol. The topological polar surface area (TPSA) is 78.8 Å². The van der Waals surface area contributed by atoms with Crippen LogP contribution >= 0.6 is 0 Å². The molecule has 166 valence electrons. The van der Waals surface area contributed by atoms with E-state index in [0.29, 0.717) is 11.3 Å². The van der Waals surface area contributed by atoms with Crippen LogP contribution in [-0.2, 0) is 14.8 Å². The zero-order valence-electron chi connectivity index (χ0n) is 17.1. The fourth-order valence-corrected chi connectivity index (χ4v) is 4.13. The average molecular weight is 453 g/mol. The van der Waals surface area contributed by atoms with Crippen LogP contribution in [0.5, 0.6) is 0 Å². The summed E-state index contributed by atoms with van der Waals surface area (Å²) in [4.78, 5) is 11.9. The summed E-state index contributed by atoms with van der Waals surface area (Å²) in [7, 11) is -4.10. The summed E-state index contributed by atoms with van der Waals surface area (Å²) in [6, 6.07) is 13.1. The molecule has 0 saturated carbocycles. The highest BCUT2D eigenvalue weighted by Gasteiger charge is 2.43. The molecule has 1 heterocycles. The molecule has 0 saturated heterocycles. The number of hydrazone groups is 1. The highest BCUT2D eigenvalue weighted by molar-refractivity contribution is 7.90. The van der Waals surface area contributed by atoms with Crippen molar-refractivity contribution in [1.82, 2.24) is 4.72 Å². The van der Waals surface area contributed by atoms with E-state index in [1.165, 1.54) is 29.3 Å². The number of amides is 1. The molecule has 1 unspecified atom stereocenters. The molecule has 1 aliphatic heterocycles. The first-order valence-corrected chi connectivity index (χ1v) is 10.9. The van der Waals surface area contributed by atoms with E-state index >= 15 is 0 Å². The number of rotatable bonds is 4. The van der Waals surface area contributed by atoms with E-state index in [1.807, 2.05) is 4.72 Å². The average Bonchev–Trinajstić information content (AvgIpc) is 3.14. The smallest absolute Gasteiger partial charge is 0.273 e. The van der Waals surface area contributed by atoms with E-state index in [1.54, 1.807) is 51.1 Å². The number of carbonyl (C=O) groups is 1. The van der Waals surface area contributed by atoms with Crippen LogP contribution in [0.3, 0.4) is 0 Å². The lowest BCUT2D eigenvalue weighted by Crippen LogP contribution is -2.38. The number of hydrogen-bond acceptors (Lipinski definition) is 5. The van der Waals surface area contributed by atoms with E-state index < -0.39 is 39.3 Å². The SMILES string of the molecule is CC(C)(C)C(=O)NS(=O)(=O)c1ccc(C2CC(C(F)(F)F)=NN2c2ccccc2)cc1. The van der Waals surface area contributed by atoms with Gasteiger partial charge in [0.15, 0.2) is 0 Å². The van der Waals surface area contributed by atoms with E-state index in [9.17, 15) is 26.4 Å². The van der Waals surface area contributed by atoms with Crippen molar-refractivity contribution in [3.8, 4) is 0 Å². The van der Waals surface area contributed by atoms with Gasteiger partial charge >= 0.3 is 6.18 Å². The van der Waals surface area contributed by atoms with Crippen LogP contribution in [0.25, 0.3) is 0 Å². The maximum Gasteiger partial charge on any atom is 0.431 e. The number of nitrogens with zero attached hydrogens (tertiary/aromatic N) is 2. The fraction of sp³-hybridized carbons (Fsp3) is 0.333. The summed E-state index contributed by atoms with van der Waals surface area (Å²) >= 11 is 0. The molecule has 1 atom stereocenters. The third-order valence-electron chi connectivity index (χ3n) is 4.74. The molecule has 2 aromatic rings. The predicted octanol–water partition coefficient (Wildman–Crippen LogP) is 4.41. The standard InChI is InChI=1S/C21H22F3N3O3S/c1-20(2,3)19(28)26-31(29,30)16-11-9-14(10-12-16)17-13-18(21(22,23)24)25-27(17)15-7-5-4-6-8-15/h4-12,17H,13H2,1-3H3,(H,26,28). The van der Waals surface area contributed by atoms with Gasteiger partial charge in [-0.25, -0.2) is 13.1 Å². The Labute approximate surface area is 178 Å². The third-order valence-corrected chi connectivity index (χ3v) is 6.09. The quantitative estimate of drug-likeness (QED) is 0.744. The van der Waals surface area contributed by atoms with Crippen molar-refractivity contribution in [2.45, 2.75) is 44.3 Å². The molecule has 1 aliphatic rings. The molecule has 0 aliphatic carbocycles. The molecule has 0 aromatic heterocycles. The number of sulfonamides is 1. The maximum absolute atomic E-state index is 13.3. The van der Waals surface area contributed by atoms with Gasteiger partial charge in [0.1, 0.15) is 5.71 Å². The Hall–Kier alpha value is -2.88. The Kier molecular flexibility index (Phi) is 5.88. The van der Waals surface area contributed by atoms with Crippen LogP contribution in [0.15, 0.2) is 64.6 Å². The number of hydrogen-bond donors (Lipinski definition) is 1. The number of benzene rings is 2. The minimum absolute atomic E-state index is 0.157. The summed E-state index contributed by atoms with van der Waals surface area (Å²) < 4.78 is 66.9. The van der Waals surface area contributed by atoms with Crippen LogP contribution in [0, 0.1) is 5.41 Å². The first kappa shape index (κ1) is 22.8. The summed E-state index contributed by atoms with van der Waals surface area (Å²) in [6.45, 7) is 4.74. The number of carbonyl (C=O) groups excluding carboxylic acids is 1. The second-order valence-corrected chi connectivity index (χ2v) is 9.88. The lowest BCUT2D eigenvalue weighted by atomic mass is 9.96. The summed E-state index contributed by atoms with van der Waals surface area (Å²) in [6.07, 6.45) is -4.94. The van der Waals surface area contributed by atoms with Gasteiger partial charge in [-0.2, -0.15) is 18.3 Å². The van der Waals surface area contributed by atoms with Crippen molar-refractivity contribution in [3.05, 3.63) is 60.2 Å². The molecule has 0 radical (unpaired) electrons. The highest BCUT2D eigenvalue weighted by atomic mass is 32.2. The van der Waals surface area contributed by atoms with Gasteiger partial charge in [-0.1, -0.05) is 51.1 Å². The number of alkyl halides is 3. The van der Waals surface area contributed by atoms with E-state index in [4.69, 9.17) is 0 Å². The second kappa shape index (κ2) is 7.99. The Bertz CT molecular complexity index is 1090. The summed E-state index contributed by atoms with van der Waals surface area (Å²) in [5, 5.41) is 5.06. The molecule has 0 spiro atoms. The van der Waals surface area contributed by atoms with Crippen molar-refractivity contribution in [1.29, 1.82) is 0 Å². The maximum atomic E-state index is 13.3. The summed E-state index contributed by atoms with van der Waals surface area (Å²) in [5.74, 6) is -0.661. The normalized spacial score (nSPS) is 17.4. The predicted molar refractivity (Wildman–Crippen MR) is 111 cm³/mol. The molecule has 1 N–H and O–H groups in total. The van der Waals surface area contributed by atoms with Crippen LogP contribution in [0.1, 0.15) is 38.8 Å². The van der Waals surface area contributed by atoms with Gasteiger partial charge in [0.05, 0.1) is 16.6 Å². The zero-order chi connectivity index (χ0) is 23.0. The lowest BCUT2D eigenvalue weighted by molar-refractivity contribution is -0.126. The lowest BCUT2D eigenvalue weighted by Gasteiger charge is -2.24. The van der Waals surface area contributed by atoms with Gasteiger partial charge < -0.3 is 0 Å². The summed E-state index contributed by atoms with van der Waals surface area (Å²) in [5.41, 5.74) is -0.859. The number of halogens is 3. The molecule has 6 nitrogen and oxygen atoms in total. The number of para-hydroxylation sites is 1. The minimum Gasteiger partial charge on any atom is -0.273 e. The van der Waals surface area contributed by atoms with Crippen molar-refractivity contribution in [2.24, 2.45) is 10.5 Å². The van der Waals surface area contributed by atoms with E-state index in [2.05, 4.69) is 5.10 Å². The number of nitrogens with one attached hydrogen (secondary N) is 1. The van der Waals surface area contributed by atoms with Crippen molar-refractivity contribution in [3.63, 3.8) is 0 Å². The van der Waals surface area contributed by atoms with Gasteiger partial charge in [-0.15, -0.1) is 0 Å². The Morgan fingerprint density at radius 2 is 1.61 bits per heavy atom. The molecule has 3 rings (SSSR count). The monoisotopic (exact) mass is 453 g/mol. The van der Waals surface area contributed by atoms with E-state index in [0.717, 1.165) is 0 Å². The van der Waals surface area contributed by atoms with Crippen LogP contribution in [0.2, 0.25) is 0 Å². The minimum atomic E-state index is -4.57. The van der Waals surface area contributed by atoms with Crippen LogP contribution < -0.4 is 9.73 Å². The Morgan fingerprint density at radius 3 is 2.13 bits per heavy atom. The Balaban J connectivity index is 1.90. The highest BCUT2D eigenvalue weighted by Crippen LogP contribution is 2.39. The molecule has 1 amide bonds. The van der Waals surface area contributed by atoms with Gasteiger partial charge in [0, 0.05) is 11.8 Å². The molecule has 10 heteroatoms. The molecule has 31 heavy (non-hydrogen) atoms. The first-order valence-electron chi connectivity index (χ1n) is 9.45. The number of anilines is 1. The third kappa shape index (κ3) is 5.07. The van der Waals surface area contributed by atoms with Gasteiger partial charge in [-0.05, 0) is 29.8 Å². The van der Waals surface area contributed by atoms with Crippen molar-refractivity contribution >= 4 is 27.3 Å². The second-order valence-electron chi connectivity index (χ2n) is 8.20. The largest absolute Gasteiger partial charge is 0.431 e. The fourth-order valence-electron chi connectivity index (χ4n) is 2.96. The van der Waals surface area contributed by atoms with Crippen molar-refractivity contribution < 1.29 is 26.4 Å². The van der Waals surface area contributed by atoms with Crippen LogP contribution in [-0.4, -0.2) is 26.2 Å². The van der Waals surface area contributed by atoms with E-state index in [-0.39, 0.29) is 11.3 Å². The van der Waals surface area contributed by atoms with Crippen molar-refractivity contribution in [2.75, 3.05) is 5.01 Å². The zero-order valence-corrected chi connectivity index (χ0v) is 18.0. The Morgan fingerprint density at radius 1 is 1.03 bits per heavy atom. The van der Waals surface area contributed by atoms with Gasteiger partial charge in [-0.3, -0.25) is 9.80 Å². The van der Waals surface area contributed by atoms with Gasteiger partial charge in [0.2, 0.25) is 5.91 Å². The van der Waals surface area contributed by atoms with Crippen LogP contribution in [0.4, 0.5) is 18.9 Å². The molecule has 0 bridgehead atoms. The molecule has 0 fully saturated rings. The molecular formula is C21H22F3N3O3S. The first-order chi connectivity index (χ1) is 14.3. The molecule has 2 aromatic carbocycles. The van der Waals surface area contributed by atoms with Gasteiger partial charge in [0.25, 0.3) is 10.0 Å².